The van der Waals surface area contributed by atoms with Gasteiger partial charge in [-0.15, -0.1) is 0 Å². The highest BCUT2D eigenvalue weighted by Gasteiger charge is 2.25. The molecular weight excluding hydrogens is 316 g/mol. The summed E-state index contributed by atoms with van der Waals surface area (Å²) in [4.78, 5) is 16.5. The predicted octanol–water partition coefficient (Wildman–Crippen LogP) is 2.79. The minimum Gasteiger partial charge on any atom is -0.342 e. The molecular formula is C16H23BrN2O. The van der Waals surface area contributed by atoms with E-state index >= 15 is 0 Å². The molecule has 2 rings (SSSR count). The van der Waals surface area contributed by atoms with Crippen LogP contribution in [0.1, 0.15) is 18.4 Å². The number of aryl methyl sites for hydroxylation is 1. The van der Waals surface area contributed by atoms with Crippen LogP contribution < -0.4 is 0 Å². The van der Waals surface area contributed by atoms with Gasteiger partial charge in [-0.1, -0.05) is 28.1 Å². The number of hydrogen-bond donors (Lipinski definition) is 0. The molecule has 1 atom stereocenters. The van der Waals surface area contributed by atoms with E-state index < -0.39 is 0 Å². The van der Waals surface area contributed by atoms with Crippen LogP contribution in [0.5, 0.6) is 0 Å². The van der Waals surface area contributed by atoms with Gasteiger partial charge in [-0.2, -0.15) is 0 Å². The van der Waals surface area contributed by atoms with Crippen LogP contribution >= 0.6 is 15.9 Å². The van der Waals surface area contributed by atoms with E-state index in [9.17, 15) is 4.79 Å². The predicted molar refractivity (Wildman–Crippen MR) is 85.7 cm³/mol. The van der Waals surface area contributed by atoms with E-state index in [-0.39, 0.29) is 0 Å². The minimum atomic E-state index is 0.300. The van der Waals surface area contributed by atoms with E-state index in [0.29, 0.717) is 18.2 Å². The number of carbonyl (C=O) groups is 1. The summed E-state index contributed by atoms with van der Waals surface area (Å²) in [5.41, 5.74) is 1.23. The lowest BCUT2D eigenvalue weighted by Gasteiger charge is -2.18. The Morgan fingerprint density at radius 3 is 2.70 bits per heavy atom. The molecule has 0 spiro atoms. The summed E-state index contributed by atoms with van der Waals surface area (Å²) < 4.78 is 1.08. The molecule has 1 saturated heterocycles. The molecule has 4 heteroatoms. The third kappa shape index (κ3) is 4.60. The molecule has 0 unspecified atom stereocenters. The summed E-state index contributed by atoms with van der Waals surface area (Å²) in [5, 5.41) is 0. The van der Waals surface area contributed by atoms with Crippen molar-refractivity contribution in [1.29, 1.82) is 0 Å². The second kappa shape index (κ2) is 7.23. The Bertz CT molecular complexity index is 444. The van der Waals surface area contributed by atoms with Crippen molar-refractivity contribution in [1.82, 2.24) is 9.80 Å². The van der Waals surface area contributed by atoms with Crippen molar-refractivity contribution in [2.24, 2.45) is 5.92 Å². The van der Waals surface area contributed by atoms with Crippen LogP contribution in [0.4, 0.5) is 0 Å². The second-order valence-electron chi connectivity index (χ2n) is 5.88. The van der Waals surface area contributed by atoms with Crippen molar-refractivity contribution < 1.29 is 4.79 Å². The smallest absolute Gasteiger partial charge is 0.222 e. The summed E-state index contributed by atoms with van der Waals surface area (Å²) in [6, 6.07) is 8.22. The van der Waals surface area contributed by atoms with Crippen molar-refractivity contribution in [2.45, 2.75) is 19.3 Å². The average molecular weight is 339 g/mol. The van der Waals surface area contributed by atoms with Gasteiger partial charge in [0.1, 0.15) is 0 Å². The fourth-order valence-electron chi connectivity index (χ4n) is 2.79. The highest BCUT2D eigenvalue weighted by molar-refractivity contribution is 9.10. The first-order valence-corrected chi connectivity index (χ1v) is 8.01. The first kappa shape index (κ1) is 15.5. The molecule has 1 aliphatic heterocycles. The standard InChI is InChI=1S/C16H23BrN2O/c1-18(2)11-14-9-10-19(12-14)16(20)8-5-13-3-6-15(17)7-4-13/h3-4,6-7,14H,5,8-12H2,1-2H3/t14-/m0/s1. The van der Waals surface area contributed by atoms with Crippen LogP contribution in [0.2, 0.25) is 0 Å². The zero-order chi connectivity index (χ0) is 14.5. The van der Waals surface area contributed by atoms with E-state index in [1.807, 2.05) is 17.0 Å². The van der Waals surface area contributed by atoms with Gasteiger partial charge in [0.15, 0.2) is 0 Å². The fourth-order valence-corrected chi connectivity index (χ4v) is 3.05. The fraction of sp³-hybridized carbons (Fsp3) is 0.562. The minimum absolute atomic E-state index is 0.300. The Hall–Kier alpha value is -0.870. The molecule has 20 heavy (non-hydrogen) atoms. The molecule has 1 aliphatic rings. The molecule has 1 fully saturated rings. The van der Waals surface area contributed by atoms with Crippen molar-refractivity contribution in [3.63, 3.8) is 0 Å². The maximum atomic E-state index is 12.2. The van der Waals surface area contributed by atoms with E-state index in [4.69, 9.17) is 0 Å². The van der Waals surface area contributed by atoms with Crippen molar-refractivity contribution in [3.05, 3.63) is 34.3 Å². The number of benzene rings is 1. The van der Waals surface area contributed by atoms with Crippen LogP contribution in [0.15, 0.2) is 28.7 Å². The Kier molecular flexibility index (Phi) is 5.61. The number of rotatable bonds is 5. The van der Waals surface area contributed by atoms with Crippen LogP contribution in [0.3, 0.4) is 0 Å². The molecule has 3 nitrogen and oxygen atoms in total. The zero-order valence-electron chi connectivity index (χ0n) is 12.3. The Morgan fingerprint density at radius 2 is 2.05 bits per heavy atom. The van der Waals surface area contributed by atoms with Gasteiger partial charge < -0.3 is 9.80 Å². The van der Waals surface area contributed by atoms with Crippen molar-refractivity contribution in [3.8, 4) is 0 Å². The van der Waals surface area contributed by atoms with Gasteiger partial charge in [0.25, 0.3) is 0 Å². The molecule has 0 aliphatic carbocycles. The highest BCUT2D eigenvalue weighted by Crippen LogP contribution is 2.18. The van der Waals surface area contributed by atoms with Crippen LogP contribution in [0, 0.1) is 5.92 Å². The van der Waals surface area contributed by atoms with Gasteiger partial charge in [-0.05, 0) is 50.6 Å². The van der Waals surface area contributed by atoms with Gasteiger partial charge in [0.2, 0.25) is 5.91 Å². The Balaban J connectivity index is 1.77. The summed E-state index contributed by atoms with van der Waals surface area (Å²) in [6.45, 7) is 2.94. The second-order valence-corrected chi connectivity index (χ2v) is 6.80. The summed E-state index contributed by atoms with van der Waals surface area (Å²) in [5.74, 6) is 0.941. The molecule has 0 saturated carbocycles. The first-order valence-electron chi connectivity index (χ1n) is 7.21. The molecule has 0 radical (unpaired) electrons. The van der Waals surface area contributed by atoms with Gasteiger partial charge in [-0.25, -0.2) is 0 Å². The third-order valence-electron chi connectivity index (χ3n) is 3.80. The van der Waals surface area contributed by atoms with Crippen LogP contribution in [-0.4, -0.2) is 49.4 Å². The topological polar surface area (TPSA) is 23.6 Å². The molecule has 1 aromatic carbocycles. The maximum Gasteiger partial charge on any atom is 0.222 e. The number of hydrogen-bond acceptors (Lipinski definition) is 2. The molecule has 1 heterocycles. The number of nitrogens with zero attached hydrogens (tertiary/aromatic N) is 2. The zero-order valence-corrected chi connectivity index (χ0v) is 13.9. The number of likely N-dealkylation sites (tertiary alicyclic amines) is 1. The lowest BCUT2D eigenvalue weighted by atomic mass is 10.1. The number of halogens is 1. The van der Waals surface area contributed by atoms with Crippen molar-refractivity contribution in [2.75, 3.05) is 33.7 Å². The first-order chi connectivity index (χ1) is 9.54. The van der Waals surface area contributed by atoms with E-state index in [1.54, 1.807) is 0 Å². The Morgan fingerprint density at radius 1 is 1.35 bits per heavy atom. The molecule has 1 aromatic rings. The lowest BCUT2D eigenvalue weighted by Crippen LogP contribution is -2.30. The van der Waals surface area contributed by atoms with Gasteiger partial charge >= 0.3 is 0 Å². The molecule has 0 bridgehead atoms. The maximum absolute atomic E-state index is 12.2. The van der Waals surface area contributed by atoms with E-state index in [2.05, 4.69) is 47.1 Å². The lowest BCUT2D eigenvalue weighted by molar-refractivity contribution is -0.130. The quantitative estimate of drug-likeness (QED) is 0.824. The van der Waals surface area contributed by atoms with Gasteiger partial charge in [-0.3, -0.25) is 4.79 Å². The Labute approximate surface area is 130 Å². The summed E-state index contributed by atoms with van der Waals surface area (Å²) in [7, 11) is 4.19. The summed E-state index contributed by atoms with van der Waals surface area (Å²) >= 11 is 3.43. The molecule has 1 amide bonds. The van der Waals surface area contributed by atoms with E-state index in [0.717, 1.165) is 36.9 Å². The SMILES string of the molecule is CN(C)C[C@@H]1CCN(C(=O)CCc2ccc(Br)cc2)C1. The molecule has 0 N–H and O–H groups in total. The van der Waals surface area contributed by atoms with Gasteiger partial charge in [0, 0.05) is 30.5 Å². The van der Waals surface area contributed by atoms with E-state index in [1.165, 1.54) is 5.56 Å². The van der Waals surface area contributed by atoms with Crippen molar-refractivity contribution >= 4 is 21.8 Å². The highest BCUT2D eigenvalue weighted by atomic mass is 79.9. The number of carbonyl (C=O) groups excluding carboxylic acids is 1. The average Bonchev–Trinajstić information content (AvgIpc) is 2.85. The largest absolute Gasteiger partial charge is 0.342 e. The van der Waals surface area contributed by atoms with Crippen LogP contribution in [0.25, 0.3) is 0 Å². The third-order valence-corrected chi connectivity index (χ3v) is 4.33. The monoisotopic (exact) mass is 338 g/mol. The molecule has 0 aromatic heterocycles. The van der Waals surface area contributed by atoms with Crippen LogP contribution in [-0.2, 0) is 11.2 Å². The number of amides is 1. The molecule has 110 valence electrons. The normalized spacial score (nSPS) is 18.8. The van der Waals surface area contributed by atoms with Gasteiger partial charge in [0.05, 0.1) is 0 Å². The summed E-state index contributed by atoms with van der Waals surface area (Å²) in [6.07, 6.45) is 2.60.